The summed E-state index contributed by atoms with van der Waals surface area (Å²) < 4.78 is 2.27. The van der Waals surface area contributed by atoms with Gasteiger partial charge in [0.25, 0.3) is 0 Å². The van der Waals surface area contributed by atoms with Crippen LogP contribution in [0, 0.1) is 5.92 Å². The van der Waals surface area contributed by atoms with Crippen LogP contribution in [0.3, 0.4) is 0 Å². The lowest BCUT2D eigenvalue weighted by molar-refractivity contribution is 0.392. The fraction of sp³-hybridized carbons (Fsp3) is 0.467. The number of hydrogen-bond donors (Lipinski definition) is 1. The van der Waals surface area contributed by atoms with Crippen molar-refractivity contribution in [3.63, 3.8) is 0 Å². The molecule has 3 aromatic rings. The van der Waals surface area contributed by atoms with Gasteiger partial charge in [0.2, 0.25) is 0 Å². The molecule has 1 fully saturated rings. The van der Waals surface area contributed by atoms with E-state index in [1.165, 1.54) is 18.7 Å². The Kier molecular flexibility index (Phi) is 2.57. The van der Waals surface area contributed by atoms with Gasteiger partial charge in [0.15, 0.2) is 11.3 Å². The van der Waals surface area contributed by atoms with E-state index in [9.17, 15) is 0 Å². The van der Waals surface area contributed by atoms with Crippen molar-refractivity contribution in [2.75, 3.05) is 20.1 Å². The number of nitrogens with one attached hydrogen (secondary N) is 1. The lowest BCUT2D eigenvalue weighted by Crippen LogP contribution is -2.14. The summed E-state index contributed by atoms with van der Waals surface area (Å²) >= 11 is 0. The summed E-state index contributed by atoms with van der Waals surface area (Å²) in [7, 11) is 2.21. The molecule has 0 amide bonds. The lowest BCUT2D eigenvalue weighted by Gasteiger charge is -2.16. The third kappa shape index (κ3) is 1.59. The molecule has 0 bridgehead atoms. The summed E-state index contributed by atoms with van der Waals surface area (Å²) in [6.07, 6.45) is 7.04. The van der Waals surface area contributed by atoms with Crippen LogP contribution in [0.1, 0.15) is 25.0 Å². The normalized spacial score (nSPS) is 24.1. The fourth-order valence-electron chi connectivity index (χ4n) is 3.59. The van der Waals surface area contributed by atoms with Gasteiger partial charge in [-0.3, -0.25) is 4.40 Å². The van der Waals surface area contributed by atoms with Crippen molar-refractivity contribution in [3.8, 4) is 0 Å². The van der Waals surface area contributed by atoms with E-state index in [0.29, 0.717) is 11.8 Å². The number of imidazole rings is 1. The van der Waals surface area contributed by atoms with Crippen molar-refractivity contribution in [3.05, 3.63) is 30.4 Å². The van der Waals surface area contributed by atoms with Gasteiger partial charge < -0.3 is 9.88 Å². The monoisotopic (exact) mass is 269 g/mol. The highest BCUT2D eigenvalue weighted by molar-refractivity contribution is 5.74. The van der Waals surface area contributed by atoms with Crippen LogP contribution in [0.15, 0.2) is 24.7 Å². The molecule has 1 unspecified atom stereocenters. The Hall–Kier alpha value is -1.88. The second-order valence-electron chi connectivity index (χ2n) is 5.84. The maximum absolute atomic E-state index is 4.55. The van der Waals surface area contributed by atoms with E-state index in [4.69, 9.17) is 0 Å². The van der Waals surface area contributed by atoms with E-state index < -0.39 is 0 Å². The SMILES string of the molecule is CCC1CN(C)C[C@@H]1c1cnc2cnc3[nH]ccc3n12. The molecule has 3 aromatic heterocycles. The van der Waals surface area contributed by atoms with E-state index in [1.54, 1.807) is 0 Å². The maximum atomic E-state index is 4.55. The predicted octanol–water partition coefficient (Wildman–Crippen LogP) is 2.27. The Morgan fingerprint density at radius 3 is 3.05 bits per heavy atom. The van der Waals surface area contributed by atoms with Crippen molar-refractivity contribution in [2.24, 2.45) is 5.92 Å². The van der Waals surface area contributed by atoms with E-state index >= 15 is 0 Å². The van der Waals surface area contributed by atoms with Crippen LogP contribution in [0.25, 0.3) is 16.8 Å². The first-order chi connectivity index (χ1) is 9.78. The van der Waals surface area contributed by atoms with Crippen molar-refractivity contribution >= 4 is 16.8 Å². The average molecular weight is 269 g/mol. The van der Waals surface area contributed by atoms with Crippen LogP contribution in [-0.4, -0.2) is 44.4 Å². The molecule has 0 saturated carbocycles. The molecule has 2 atom stereocenters. The second kappa shape index (κ2) is 4.31. The molecule has 0 radical (unpaired) electrons. The van der Waals surface area contributed by atoms with Gasteiger partial charge in [-0.15, -0.1) is 0 Å². The molecule has 4 heterocycles. The Balaban J connectivity index is 1.93. The molecule has 104 valence electrons. The highest BCUT2D eigenvalue weighted by atomic mass is 15.1. The van der Waals surface area contributed by atoms with Gasteiger partial charge in [-0.2, -0.15) is 0 Å². The zero-order valence-corrected chi connectivity index (χ0v) is 11.9. The van der Waals surface area contributed by atoms with Gasteiger partial charge in [-0.1, -0.05) is 13.3 Å². The molecule has 1 aliphatic heterocycles. The van der Waals surface area contributed by atoms with E-state index in [2.05, 4.69) is 44.3 Å². The smallest absolute Gasteiger partial charge is 0.156 e. The number of fused-ring (bicyclic) bond motifs is 3. The quantitative estimate of drug-likeness (QED) is 0.776. The summed E-state index contributed by atoms with van der Waals surface area (Å²) in [6.45, 7) is 4.57. The summed E-state index contributed by atoms with van der Waals surface area (Å²) in [5.41, 5.74) is 4.32. The summed E-state index contributed by atoms with van der Waals surface area (Å²) in [6, 6.07) is 2.08. The maximum Gasteiger partial charge on any atom is 0.156 e. The van der Waals surface area contributed by atoms with Gasteiger partial charge in [0.1, 0.15) is 0 Å². The van der Waals surface area contributed by atoms with E-state index in [0.717, 1.165) is 23.4 Å². The Morgan fingerprint density at radius 2 is 2.20 bits per heavy atom. The van der Waals surface area contributed by atoms with Gasteiger partial charge in [0, 0.05) is 37.1 Å². The zero-order chi connectivity index (χ0) is 13.7. The summed E-state index contributed by atoms with van der Waals surface area (Å²) in [5, 5.41) is 0. The Labute approximate surface area is 117 Å². The summed E-state index contributed by atoms with van der Waals surface area (Å²) in [4.78, 5) is 14.6. The van der Waals surface area contributed by atoms with Crippen LogP contribution >= 0.6 is 0 Å². The molecule has 0 aromatic carbocycles. The lowest BCUT2D eigenvalue weighted by atomic mass is 9.91. The molecule has 0 aliphatic carbocycles. The number of hydrogen-bond acceptors (Lipinski definition) is 3. The minimum absolute atomic E-state index is 0.556. The molecular formula is C15H19N5. The highest BCUT2D eigenvalue weighted by Crippen LogP contribution is 2.34. The predicted molar refractivity (Wildman–Crippen MR) is 78.9 cm³/mol. The van der Waals surface area contributed by atoms with Crippen LogP contribution in [-0.2, 0) is 0 Å². The van der Waals surface area contributed by atoms with Crippen LogP contribution in [0.4, 0.5) is 0 Å². The number of rotatable bonds is 2. The Morgan fingerprint density at radius 1 is 1.30 bits per heavy atom. The molecule has 5 nitrogen and oxygen atoms in total. The molecule has 20 heavy (non-hydrogen) atoms. The molecular weight excluding hydrogens is 250 g/mol. The second-order valence-corrected chi connectivity index (χ2v) is 5.84. The number of H-pyrrole nitrogens is 1. The molecule has 5 heteroatoms. The minimum Gasteiger partial charge on any atom is -0.345 e. The zero-order valence-electron chi connectivity index (χ0n) is 11.9. The third-order valence-electron chi connectivity index (χ3n) is 4.60. The third-order valence-corrected chi connectivity index (χ3v) is 4.60. The van der Waals surface area contributed by atoms with Crippen LogP contribution in [0.2, 0.25) is 0 Å². The molecule has 1 aliphatic rings. The molecule has 0 spiro atoms. The highest BCUT2D eigenvalue weighted by Gasteiger charge is 2.33. The van der Waals surface area contributed by atoms with Crippen LogP contribution in [0.5, 0.6) is 0 Å². The topological polar surface area (TPSA) is 49.2 Å². The number of nitrogens with zero attached hydrogens (tertiary/aromatic N) is 4. The fourth-order valence-corrected chi connectivity index (χ4v) is 3.59. The van der Waals surface area contributed by atoms with Gasteiger partial charge in [-0.25, -0.2) is 9.97 Å². The van der Waals surface area contributed by atoms with Crippen molar-refractivity contribution in [1.29, 1.82) is 0 Å². The van der Waals surface area contributed by atoms with Gasteiger partial charge >= 0.3 is 0 Å². The van der Waals surface area contributed by atoms with Crippen molar-refractivity contribution in [2.45, 2.75) is 19.3 Å². The Bertz CT molecular complexity index is 756. The molecule has 4 rings (SSSR count). The minimum atomic E-state index is 0.556. The first-order valence-electron chi connectivity index (χ1n) is 7.26. The average Bonchev–Trinajstić information content (AvgIpc) is 3.13. The van der Waals surface area contributed by atoms with Gasteiger partial charge in [0.05, 0.1) is 11.7 Å². The molecule has 1 saturated heterocycles. The first kappa shape index (κ1) is 11.9. The first-order valence-corrected chi connectivity index (χ1v) is 7.26. The van der Waals surface area contributed by atoms with Crippen molar-refractivity contribution in [1.82, 2.24) is 24.3 Å². The number of likely N-dealkylation sites (N-methyl/N-ethyl adjacent to an activating group) is 1. The number of aromatic nitrogens is 4. The van der Waals surface area contributed by atoms with Crippen molar-refractivity contribution < 1.29 is 0 Å². The number of aromatic amines is 1. The standard InChI is InChI=1S/C15H19N5/c1-3-10-8-19(2)9-11(10)13-6-17-14-7-18-15-12(20(13)14)4-5-16-15/h4-7,10-11,16H,3,8-9H2,1-2H3/t10?,11-/m0/s1. The number of likely N-dealkylation sites (tertiary alicyclic amines) is 1. The van der Waals surface area contributed by atoms with Gasteiger partial charge in [-0.05, 0) is 19.0 Å². The van der Waals surface area contributed by atoms with Crippen LogP contribution < -0.4 is 0 Å². The van der Waals surface area contributed by atoms with E-state index in [-0.39, 0.29) is 0 Å². The summed E-state index contributed by atoms with van der Waals surface area (Å²) in [5.74, 6) is 1.27. The largest absolute Gasteiger partial charge is 0.345 e. The molecule has 1 N–H and O–H groups in total. The van der Waals surface area contributed by atoms with E-state index in [1.807, 2.05) is 18.6 Å².